The lowest BCUT2D eigenvalue weighted by Crippen LogP contribution is -2.38. The maximum atomic E-state index is 11.5. The highest BCUT2D eigenvalue weighted by Crippen LogP contribution is 2.32. The number of carboxylic acids is 1. The number of hydrogen-bond acceptors (Lipinski definition) is 2. The molecule has 0 radical (unpaired) electrons. The van der Waals surface area contributed by atoms with Crippen molar-refractivity contribution in [1.82, 2.24) is 10.6 Å². The molecule has 0 rings (SSSR count). The van der Waals surface area contributed by atoms with Gasteiger partial charge in [0.15, 0.2) is 0 Å². The molecular weight excluding hydrogens is 256 g/mol. The van der Waals surface area contributed by atoms with Crippen molar-refractivity contribution in [3.8, 4) is 0 Å². The number of amides is 2. The minimum absolute atomic E-state index is 0.0330. The van der Waals surface area contributed by atoms with Crippen molar-refractivity contribution in [3.05, 3.63) is 12.2 Å². The van der Waals surface area contributed by atoms with E-state index in [0.717, 1.165) is 12.0 Å². The minimum Gasteiger partial charge on any atom is -0.481 e. The molecule has 0 aliphatic heterocycles. The average Bonchev–Trinajstić information content (AvgIpc) is 2.28. The summed E-state index contributed by atoms with van der Waals surface area (Å²) in [6, 6.07) is -0.209. The summed E-state index contributed by atoms with van der Waals surface area (Å²) < 4.78 is 0. The molecule has 0 aromatic heterocycles. The first kappa shape index (κ1) is 18.5. The van der Waals surface area contributed by atoms with E-state index in [1.807, 2.05) is 6.92 Å². The zero-order chi connectivity index (χ0) is 15.8. The Bertz CT molecular complexity index is 346. The molecule has 0 aromatic rings. The van der Waals surface area contributed by atoms with Gasteiger partial charge in [-0.15, -0.1) is 0 Å². The molecule has 0 bridgehead atoms. The zero-order valence-corrected chi connectivity index (χ0v) is 13.1. The molecule has 0 fully saturated rings. The van der Waals surface area contributed by atoms with E-state index in [0.29, 0.717) is 19.5 Å². The standard InChI is InChI=1S/C15H28N2O3/c1-11(2)10-17-14(20)16-9-8-12(15(3,4)5)6-7-13(18)19/h12H,1,6-10H2,2-5H3,(H,18,19)(H2,16,17,20). The predicted molar refractivity (Wildman–Crippen MR) is 80.6 cm³/mol. The molecule has 2 amide bonds. The van der Waals surface area contributed by atoms with Crippen molar-refractivity contribution >= 4 is 12.0 Å². The average molecular weight is 284 g/mol. The largest absolute Gasteiger partial charge is 0.481 e. The van der Waals surface area contributed by atoms with Crippen LogP contribution in [-0.2, 0) is 4.79 Å². The van der Waals surface area contributed by atoms with Gasteiger partial charge in [0.2, 0.25) is 0 Å². The van der Waals surface area contributed by atoms with E-state index in [-0.39, 0.29) is 23.8 Å². The van der Waals surface area contributed by atoms with Crippen LogP contribution in [0.1, 0.15) is 47.0 Å². The molecule has 3 N–H and O–H groups in total. The maximum Gasteiger partial charge on any atom is 0.315 e. The van der Waals surface area contributed by atoms with Crippen molar-refractivity contribution in [2.24, 2.45) is 11.3 Å². The summed E-state index contributed by atoms with van der Waals surface area (Å²) in [7, 11) is 0. The van der Waals surface area contributed by atoms with Crippen LogP contribution in [0, 0.1) is 11.3 Å². The topological polar surface area (TPSA) is 78.4 Å². The smallest absolute Gasteiger partial charge is 0.315 e. The zero-order valence-electron chi connectivity index (χ0n) is 13.1. The molecule has 0 heterocycles. The Morgan fingerprint density at radius 3 is 2.25 bits per heavy atom. The summed E-state index contributed by atoms with van der Waals surface area (Å²) in [6.07, 6.45) is 1.58. The van der Waals surface area contributed by atoms with Crippen molar-refractivity contribution in [2.75, 3.05) is 13.1 Å². The van der Waals surface area contributed by atoms with Gasteiger partial charge in [-0.2, -0.15) is 0 Å². The number of nitrogens with one attached hydrogen (secondary N) is 2. The molecule has 0 aliphatic carbocycles. The first-order chi connectivity index (χ1) is 9.12. The summed E-state index contributed by atoms with van der Waals surface area (Å²) in [4.78, 5) is 22.2. The molecule has 20 heavy (non-hydrogen) atoms. The minimum atomic E-state index is -0.772. The highest BCUT2D eigenvalue weighted by Gasteiger charge is 2.24. The summed E-state index contributed by atoms with van der Waals surface area (Å²) in [5.74, 6) is -0.508. The van der Waals surface area contributed by atoms with Gasteiger partial charge >= 0.3 is 12.0 Å². The Labute approximate surface area is 121 Å². The molecule has 1 unspecified atom stereocenters. The third-order valence-corrected chi connectivity index (χ3v) is 3.26. The number of carbonyl (C=O) groups excluding carboxylic acids is 1. The summed E-state index contributed by atoms with van der Waals surface area (Å²) in [5, 5.41) is 14.3. The van der Waals surface area contributed by atoms with E-state index in [9.17, 15) is 9.59 Å². The van der Waals surface area contributed by atoms with Gasteiger partial charge in [0.1, 0.15) is 0 Å². The Kier molecular flexibility index (Phi) is 7.96. The van der Waals surface area contributed by atoms with Crippen LogP contribution in [0.2, 0.25) is 0 Å². The van der Waals surface area contributed by atoms with Gasteiger partial charge in [0, 0.05) is 19.5 Å². The Morgan fingerprint density at radius 2 is 1.80 bits per heavy atom. The highest BCUT2D eigenvalue weighted by molar-refractivity contribution is 5.74. The van der Waals surface area contributed by atoms with Crippen LogP contribution in [0.5, 0.6) is 0 Å². The lowest BCUT2D eigenvalue weighted by Gasteiger charge is -2.30. The summed E-state index contributed by atoms with van der Waals surface area (Å²) in [5.41, 5.74) is 0.930. The number of urea groups is 1. The van der Waals surface area contributed by atoms with E-state index in [4.69, 9.17) is 5.11 Å². The van der Waals surface area contributed by atoms with Gasteiger partial charge in [-0.05, 0) is 31.1 Å². The molecule has 1 atom stereocenters. The molecule has 116 valence electrons. The van der Waals surface area contributed by atoms with Crippen LogP contribution < -0.4 is 10.6 Å². The van der Waals surface area contributed by atoms with Crippen LogP contribution in [0.4, 0.5) is 4.79 Å². The normalized spacial score (nSPS) is 12.6. The van der Waals surface area contributed by atoms with E-state index >= 15 is 0 Å². The molecule has 0 saturated carbocycles. The number of carbonyl (C=O) groups is 2. The fraction of sp³-hybridized carbons (Fsp3) is 0.733. The van der Waals surface area contributed by atoms with Crippen molar-refractivity contribution in [2.45, 2.75) is 47.0 Å². The van der Waals surface area contributed by atoms with Crippen LogP contribution >= 0.6 is 0 Å². The van der Waals surface area contributed by atoms with Gasteiger partial charge in [0.05, 0.1) is 0 Å². The third-order valence-electron chi connectivity index (χ3n) is 3.26. The fourth-order valence-corrected chi connectivity index (χ4v) is 1.96. The lowest BCUT2D eigenvalue weighted by atomic mass is 9.76. The van der Waals surface area contributed by atoms with Crippen LogP contribution in [0.3, 0.4) is 0 Å². The molecular formula is C15H28N2O3. The van der Waals surface area contributed by atoms with Gasteiger partial charge in [-0.1, -0.05) is 32.9 Å². The maximum absolute atomic E-state index is 11.5. The second-order valence-corrected chi connectivity index (χ2v) is 6.35. The molecule has 0 aromatic carbocycles. The van der Waals surface area contributed by atoms with Crippen molar-refractivity contribution < 1.29 is 14.7 Å². The van der Waals surface area contributed by atoms with Crippen LogP contribution in [0.15, 0.2) is 12.2 Å². The Morgan fingerprint density at radius 1 is 1.20 bits per heavy atom. The quantitative estimate of drug-likeness (QED) is 0.600. The number of hydrogen-bond donors (Lipinski definition) is 3. The van der Waals surface area contributed by atoms with Gasteiger partial charge in [0.25, 0.3) is 0 Å². The van der Waals surface area contributed by atoms with Crippen molar-refractivity contribution in [3.63, 3.8) is 0 Å². The first-order valence-corrected chi connectivity index (χ1v) is 7.00. The van der Waals surface area contributed by atoms with Crippen LogP contribution in [0.25, 0.3) is 0 Å². The van der Waals surface area contributed by atoms with Gasteiger partial charge in [-0.3, -0.25) is 4.79 Å². The fourth-order valence-electron chi connectivity index (χ4n) is 1.96. The summed E-state index contributed by atoms with van der Waals surface area (Å²) in [6.45, 7) is 12.9. The van der Waals surface area contributed by atoms with E-state index in [1.165, 1.54) is 0 Å². The first-order valence-electron chi connectivity index (χ1n) is 7.00. The van der Waals surface area contributed by atoms with E-state index in [2.05, 4.69) is 38.0 Å². The number of carboxylic acid groups (broad SMARTS) is 1. The second-order valence-electron chi connectivity index (χ2n) is 6.35. The third kappa shape index (κ3) is 9.42. The van der Waals surface area contributed by atoms with E-state index in [1.54, 1.807) is 0 Å². The number of aliphatic carboxylic acids is 1. The molecule has 0 saturated heterocycles. The Hall–Kier alpha value is -1.52. The van der Waals surface area contributed by atoms with Gasteiger partial charge < -0.3 is 15.7 Å². The van der Waals surface area contributed by atoms with Crippen LogP contribution in [-0.4, -0.2) is 30.2 Å². The highest BCUT2D eigenvalue weighted by atomic mass is 16.4. The molecule has 5 heteroatoms. The lowest BCUT2D eigenvalue weighted by molar-refractivity contribution is -0.137. The molecule has 0 spiro atoms. The molecule has 0 aliphatic rings. The second kappa shape index (κ2) is 8.61. The predicted octanol–water partition coefficient (Wildman–Crippen LogP) is 2.78. The Balaban J connectivity index is 4.10. The van der Waals surface area contributed by atoms with E-state index < -0.39 is 5.97 Å². The number of rotatable bonds is 8. The summed E-state index contributed by atoms with van der Waals surface area (Å²) >= 11 is 0. The molecule has 5 nitrogen and oxygen atoms in total. The van der Waals surface area contributed by atoms with Crippen molar-refractivity contribution in [1.29, 1.82) is 0 Å². The van der Waals surface area contributed by atoms with Gasteiger partial charge in [-0.25, -0.2) is 4.79 Å². The monoisotopic (exact) mass is 284 g/mol. The SMILES string of the molecule is C=C(C)CNC(=O)NCCC(CCC(=O)O)C(C)(C)C.